The van der Waals surface area contributed by atoms with E-state index >= 15 is 0 Å². The Labute approximate surface area is 150 Å². The summed E-state index contributed by atoms with van der Waals surface area (Å²) in [5.74, 6) is 1.04. The van der Waals surface area contributed by atoms with Crippen LogP contribution in [0.1, 0.15) is 18.9 Å². The number of thioether (sulfide) groups is 1. The van der Waals surface area contributed by atoms with Crippen molar-refractivity contribution in [2.24, 2.45) is 0 Å². The van der Waals surface area contributed by atoms with Gasteiger partial charge in [0.15, 0.2) is 0 Å². The Kier molecular flexibility index (Phi) is 10.4. The maximum atomic E-state index is 12.1. The first kappa shape index (κ1) is 20.3. The zero-order valence-corrected chi connectivity index (χ0v) is 15.4. The lowest BCUT2D eigenvalue weighted by molar-refractivity contribution is -0.120. The van der Waals surface area contributed by atoms with E-state index in [1.165, 1.54) is 5.56 Å². The molecule has 2 N–H and O–H groups in total. The first-order valence-electron chi connectivity index (χ1n) is 8.12. The van der Waals surface area contributed by atoms with Crippen molar-refractivity contribution in [3.05, 3.63) is 35.9 Å². The Hall–Kier alpha value is -0.750. The predicted molar refractivity (Wildman–Crippen MR) is 101 cm³/mol. The number of hydrogen-bond acceptors (Lipinski definition) is 4. The second-order valence-corrected chi connectivity index (χ2v) is 7.00. The van der Waals surface area contributed by atoms with Gasteiger partial charge in [0.25, 0.3) is 0 Å². The molecule has 1 heterocycles. The molecule has 0 aromatic heterocycles. The number of benzene rings is 1. The fourth-order valence-corrected chi connectivity index (χ4v) is 3.33. The smallest absolute Gasteiger partial charge is 0.232 e. The molecule has 1 aromatic rings. The Balaban J connectivity index is 0.00000264. The molecule has 6 heteroatoms. The quantitative estimate of drug-likeness (QED) is 0.700. The third-order valence-electron chi connectivity index (χ3n) is 3.87. The van der Waals surface area contributed by atoms with E-state index in [1.54, 1.807) is 11.8 Å². The zero-order valence-electron chi connectivity index (χ0n) is 13.8. The van der Waals surface area contributed by atoms with Crippen molar-refractivity contribution in [3.8, 4) is 0 Å². The Bertz CT molecular complexity index is 441. The number of nitrogens with zero attached hydrogens (tertiary/aromatic N) is 1. The molecule has 1 aromatic carbocycles. The number of amides is 1. The predicted octanol–water partition coefficient (Wildman–Crippen LogP) is 2.14. The van der Waals surface area contributed by atoms with Crippen LogP contribution in [0, 0.1) is 0 Å². The normalized spacial score (nSPS) is 16.4. The van der Waals surface area contributed by atoms with Crippen LogP contribution in [-0.4, -0.2) is 55.3 Å². The molecule has 1 saturated heterocycles. The first-order chi connectivity index (χ1) is 10.8. The van der Waals surface area contributed by atoms with Gasteiger partial charge in [-0.1, -0.05) is 30.3 Å². The number of carbonyl (C=O) groups is 1. The van der Waals surface area contributed by atoms with Gasteiger partial charge in [-0.2, -0.15) is 0 Å². The van der Waals surface area contributed by atoms with Crippen LogP contribution < -0.4 is 10.6 Å². The van der Waals surface area contributed by atoms with Gasteiger partial charge < -0.3 is 15.5 Å². The molecular formula is C17H28ClN3OS. The summed E-state index contributed by atoms with van der Waals surface area (Å²) in [5.41, 5.74) is 1.27. The molecule has 1 fully saturated rings. The van der Waals surface area contributed by atoms with E-state index in [1.807, 2.05) is 25.1 Å². The summed E-state index contributed by atoms with van der Waals surface area (Å²) >= 11 is 1.69. The average Bonchev–Trinajstić information content (AvgIpc) is 2.58. The number of nitrogens with one attached hydrogen (secondary N) is 2. The van der Waals surface area contributed by atoms with Gasteiger partial charge in [-0.15, -0.1) is 24.2 Å². The molecule has 1 amide bonds. The van der Waals surface area contributed by atoms with Gasteiger partial charge in [-0.25, -0.2) is 0 Å². The average molecular weight is 358 g/mol. The van der Waals surface area contributed by atoms with Gasteiger partial charge in [0.1, 0.15) is 0 Å². The molecule has 0 bridgehead atoms. The number of halogens is 1. The minimum absolute atomic E-state index is 0. The Morgan fingerprint density at radius 3 is 2.70 bits per heavy atom. The maximum Gasteiger partial charge on any atom is 0.232 e. The van der Waals surface area contributed by atoms with Crippen molar-refractivity contribution < 1.29 is 4.79 Å². The molecule has 4 nitrogen and oxygen atoms in total. The number of hydrogen-bond donors (Lipinski definition) is 2. The molecule has 0 spiro atoms. The summed E-state index contributed by atoms with van der Waals surface area (Å²) in [6.07, 6.45) is 1.03. The summed E-state index contributed by atoms with van der Waals surface area (Å²) < 4.78 is 0. The van der Waals surface area contributed by atoms with E-state index in [-0.39, 0.29) is 23.6 Å². The van der Waals surface area contributed by atoms with Crippen LogP contribution in [0.4, 0.5) is 0 Å². The van der Waals surface area contributed by atoms with Crippen LogP contribution in [0.25, 0.3) is 0 Å². The van der Waals surface area contributed by atoms with E-state index in [9.17, 15) is 4.79 Å². The second-order valence-electron chi connectivity index (χ2n) is 5.68. The molecule has 1 aliphatic rings. The topological polar surface area (TPSA) is 44.4 Å². The molecule has 2 rings (SSSR count). The van der Waals surface area contributed by atoms with Crippen LogP contribution in [-0.2, 0) is 10.5 Å². The largest absolute Gasteiger partial charge is 0.355 e. The molecular weight excluding hydrogens is 330 g/mol. The van der Waals surface area contributed by atoms with Crippen LogP contribution >= 0.6 is 24.2 Å². The van der Waals surface area contributed by atoms with E-state index in [4.69, 9.17) is 0 Å². The minimum atomic E-state index is -0.000562. The zero-order chi connectivity index (χ0) is 15.6. The highest BCUT2D eigenvalue weighted by Crippen LogP contribution is 2.17. The van der Waals surface area contributed by atoms with Gasteiger partial charge in [0.05, 0.1) is 5.25 Å². The summed E-state index contributed by atoms with van der Waals surface area (Å²) in [5, 5.41) is 6.41. The Morgan fingerprint density at radius 1 is 1.30 bits per heavy atom. The molecule has 23 heavy (non-hydrogen) atoms. The maximum absolute atomic E-state index is 12.1. The van der Waals surface area contributed by atoms with Crippen molar-refractivity contribution >= 4 is 30.1 Å². The molecule has 1 atom stereocenters. The Morgan fingerprint density at radius 2 is 2.00 bits per heavy atom. The fourth-order valence-electron chi connectivity index (χ4n) is 2.46. The van der Waals surface area contributed by atoms with E-state index in [0.29, 0.717) is 0 Å². The van der Waals surface area contributed by atoms with Gasteiger partial charge in [-0.3, -0.25) is 4.79 Å². The third-order valence-corrected chi connectivity index (χ3v) is 5.09. The molecule has 1 unspecified atom stereocenters. The first-order valence-corrected chi connectivity index (χ1v) is 9.17. The fraction of sp³-hybridized carbons (Fsp3) is 0.588. The number of piperazine rings is 1. The van der Waals surface area contributed by atoms with Gasteiger partial charge in [0.2, 0.25) is 5.91 Å². The molecule has 0 aliphatic carbocycles. The summed E-state index contributed by atoms with van der Waals surface area (Å²) in [7, 11) is 0. The molecule has 1 aliphatic heterocycles. The molecule has 0 saturated carbocycles. The summed E-state index contributed by atoms with van der Waals surface area (Å²) in [6.45, 7) is 8.25. The lowest BCUT2D eigenvalue weighted by Crippen LogP contribution is -2.44. The lowest BCUT2D eigenvalue weighted by Gasteiger charge is -2.27. The van der Waals surface area contributed by atoms with Gasteiger partial charge >= 0.3 is 0 Å². The van der Waals surface area contributed by atoms with Crippen molar-refractivity contribution in [1.82, 2.24) is 15.5 Å². The van der Waals surface area contributed by atoms with E-state index in [0.717, 1.165) is 51.4 Å². The second kappa shape index (κ2) is 11.7. The highest BCUT2D eigenvalue weighted by molar-refractivity contribution is 7.99. The number of rotatable bonds is 8. The van der Waals surface area contributed by atoms with Crippen molar-refractivity contribution in [2.75, 3.05) is 39.3 Å². The molecule has 0 radical (unpaired) electrons. The van der Waals surface area contributed by atoms with Crippen LogP contribution in [0.15, 0.2) is 30.3 Å². The lowest BCUT2D eigenvalue weighted by atomic mass is 10.2. The SMILES string of the molecule is CC(SCc1ccccc1)C(=O)NCCCN1CCNCC1.Cl. The molecule has 130 valence electrons. The summed E-state index contributed by atoms with van der Waals surface area (Å²) in [4.78, 5) is 14.5. The third kappa shape index (κ3) is 8.06. The van der Waals surface area contributed by atoms with E-state index in [2.05, 4.69) is 27.7 Å². The van der Waals surface area contributed by atoms with Crippen LogP contribution in [0.3, 0.4) is 0 Å². The van der Waals surface area contributed by atoms with Gasteiger partial charge in [0, 0.05) is 38.5 Å². The van der Waals surface area contributed by atoms with Gasteiger partial charge in [-0.05, 0) is 25.5 Å². The van der Waals surface area contributed by atoms with Crippen molar-refractivity contribution in [3.63, 3.8) is 0 Å². The number of carbonyl (C=O) groups excluding carboxylic acids is 1. The standard InChI is InChI=1S/C17H27N3OS.ClH/c1-15(22-14-16-6-3-2-4-7-16)17(21)19-8-5-11-20-12-9-18-10-13-20;/h2-4,6-7,15,18H,5,8-14H2,1H3,(H,19,21);1H. The highest BCUT2D eigenvalue weighted by atomic mass is 35.5. The monoisotopic (exact) mass is 357 g/mol. The summed E-state index contributed by atoms with van der Waals surface area (Å²) in [6, 6.07) is 10.3. The van der Waals surface area contributed by atoms with Crippen LogP contribution in [0.5, 0.6) is 0 Å². The highest BCUT2D eigenvalue weighted by Gasteiger charge is 2.13. The minimum Gasteiger partial charge on any atom is -0.355 e. The van der Waals surface area contributed by atoms with Crippen molar-refractivity contribution in [1.29, 1.82) is 0 Å². The van der Waals surface area contributed by atoms with Crippen LogP contribution in [0.2, 0.25) is 0 Å². The van der Waals surface area contributed by atoms with Crippen molar-refractivity contribution in [2.45, 2.75) is 24.3 Å². The van der Waals surface area contributed by atoms with E-state index < -0.39 is 0 Å².